The summed E-state index contributed by atoms with van der Waals surface area (Å²) in [7, 11) is 0. The third kappa shape index (κ3) is 2.33. The summed E-state index contributed by atoms with van der Waals surface area (Å²) in [4.78, 5) is 30.7. The van der Waals surface area contributed by atoms with Crippen LogP contribution in [0.15, 0.2) is 10.9 Å². The Labute approximate surface area is 163 Å². The highest BCUT2D eigenvalue weighted by Gasteiger charge is 2.39. The second-order valence-corrected chi connectivity index (χ2v) is 8.06. The van der Waals surface area contributed by atoms with E-state index in [1.54, 1.807) is 17.9 Å². The van der Waals surface area contributed by atoms with Crippen LogP contribution in [0.25, 0.3) is 10.9 Å². The van der Waals surface area contributed by atoms with E-state index in [4.69, 9.17) is 4.74 Å². The summed E-state index contributed by atoms with van der Waals surface area (Å²) in [5.41, 5.74) is 0.340. The van der Waals surface area contributed by atoms with E-state index in [0.29, 0.717) is 41.9 Å². The van der Waals surface area contributed by atoms with Crippen LogP contribution in [-0.4, -0.2) is 42.5 Å². The van der Waals surface area contributed by atoms with Crippen LogP contribution < -0.4 is 15.3 Å². The summed E-state index contributed by atoms with van der Waals surface area (Å²) < 4.78 is 23.4. The standard InChI is InChI=1S/C14H11FI2N4O3/c1-6-4-7-9-11(10(6)15)24-13(22)8-5-19(16)2-3-20(8)12(9)18-14(23)21(7)17/h4,8H,2-3,5H2,1H3. The maximum Gasteiger partial charge on any atom is 0.359 e. The molecule has 2 aliphatic heterocycles. The molecular weight excluding hydrogens is 545 g/mol. The zero-order chi connectivity index (χ0) is 17.2. The van der Waals surface area contributed by atoms with Crippen LogP contribution in [0.5, 0.6) is 5.75 Å². The molecule has 10 heteroatoms. The number of piperazine rings is 1. The molecule has 7 nitrogen and oxygen atoms in total. The summed E-state index contributed by atoms with van der Waals surface area (Å²) in [6.07, 6.45) is 0. The number of nitrogens with zero attached hydrogens (tertiary/aromatic N) is 4. The fourth-order valence-electron chi connectivity index (χ4n) is 3.09. The largest absolute Gasteiger partial charge is 0.421 e. The van der Waals surface area contributed by atoms with Gasteiger partial charge in [-0.1, -0.05) is 0 Å². The van der Waals surface area contributed by atoms with Gasteiger partial charge in [0.05, 0.1) is 33.8 Å². The van der Waals surface area contributed by atoms with Crippen molar-refractivity contribution in [3.8, 4) is 5.75 Å². The maximum absolute atomic E-state index is 14.7. The van der Waals surface area contributed by atoms with E-state index in [1.165, 1.54) is 2.78 Å². The Hall–Kier alpha value is -1.02. The summed E-state index contributed by atoms with van der Waals surface area (Å²) in [6, 6.07) is 0.957. The first kappa shape index (κ1) is 16.4. The lowest BCUT2D eigenvalue weighted by Gasteiger charge is -2.36. The Morgan fingerprint density at radius 1 is 1.33 bits per heavy atom. The van der Waals surface area contributed by atoms with Gasteiger partial charge in [-0.15, -0.1) is 0 Å². The second-order valence-electron chi connectivity index (χ2n) is 5.73. The molecule has 0 bridgehead atoms. The Bertz CT molecular complexity index is 948. The first-order valence-electron chi connectivity index (χ1n) is 7.19. The van der Waals surface area contributed by atoms with E-state index < -0.39 is 23.5 Å². The Morgan fingerprint density at radius 3 is 2.83 bits per heavy atom. The number of aromatic nitrogens is 2. The molecule has 2 aliphatic rings. The number of carbonyl (C=O) groups is 1. The van der Waals surface area contributed by atoms with Crippen molar-refractivity contribution in [1.29, 1.82) is 0 Å². The van der Waals surface area contributed by atoms with Crippen LogP contribution >= 0.6 is 45.7 Å². The number of halogens is 3. The quantitative estimate of drug-likeness (QED) is 0.214. The second kappa shape index (κ2) is 5.76. The van der Waals surface area contributed by atoms with Crippen molar-refractivity contribution in [3.63, 3.8) is 0 Å². The number of hydrogen-bond acceptors (Lipinski definition) is 6. The van der Waals surface area contributed by atoms with Crippen molar-refractivity contribution in [2.45, 2.75) is 13.0 Å². The minimum absolute atomic E-state index is 0.141. The number of anilines is 1. The molecule has 0 spiro atoms. The zero-order valence-corrected chi connectivity index (χ0v) is 16.7. The molecule has 3 heterocycles. The first-order valence-corrected chi connectivity index (χ1v) is 9.12. The van der Waals surface area contributed by atoms with E-state index in [9.17, 15) is 14.0 Å². The Kier molecular flexibility index (Phi) is 3.95. The molecule has 1 fully saturated rings. The normalized spacial score (nSPS) is 20.8. The highest BCUT2D eigenvalue weighted by atomic mass is 127. The average molecular weight is 556 g/mol. The summed E-state index contributed by atoms with van der Waals surface area (Å²) >= 11 is 3.96. The fourth-order valence-corrected chi connectivity index (χ4v) is 4.16. The predicted octanol–water partition coefficient (Wildman–Crippen LogP) is 1.80. The van der Waals surface area contributed by atoms with Crippen LogP contribution in [0.3, 0.4) is 0 Å². The molecule has 0 radical (unpaired) electrons. The smallest absolute Gasteiger partial charge is 0.359 e. The molecule has 1 atom stereocenters. The lowest BCUT2D eigenvalue weighted by atomic mass is 10.1. The van der Waals surface area contributed by atoms with Gasteiger partial charge in [0, 0.05) is 42.5 Å². The molecule has 24 heavy (non-hydrogen) atoms. The van der Waals surface area contributed by atoms with Gasteiger partial charge >= 0.3 is 11.7 Å². The Balaban J connectivity index is 2.10. The van der Waals surface area contributed by atoms with Gasteiger partial charge in [0.2, 0.25) is 0 Å². The molecule has 1 aromatic heterocycles. The molecule has 0 amide bonds. The molecule has 2 aromatic rings. The molecule has 1 unspecified atom stereocenters. The number of ether oxygens (including phenoxy) is 1. The van der Waals surface area contributed by atoms with E-state index in [2.05, 4.69) is 27.8 Å². The van der Waals surface area contributed by atoms with Crippen LogP contribution in [-0.2, 0) is 4.79 Å². The predicted molar refractivity (Wildman–Crippen MR) is 102 cm³/mol. The molecule has 0 N–H and O–H groups in total. The molecule has 1 aromatic carbocycles. The van der Waals surface area contributed by atoms with Crippen molar-refractivity contribution in [2.75, 3.05) is 24.5 Å². The van der Waals surface area contributed by atoms with Gasteiger partial charge in [-0.2, -0.15) is 4.98 Å². The monoisotopic (exact) mass is 556 g/mol. The summed E-state index contributed by atoms with van der Waals surface area (Å²) in [6.45, 7) is 3.20. The van der Waals surface area contributed by atoms with Crippen molar-refractivity contribution >= 4 is 68.4 Å². The Morgan fingerprint density at radius 2 is 2.08 bits per heavy atom. The number of carbonyl (C=O) groups excluding carboxylic acids is 1. The van der Waals surface area contributed by atoms with Crippen molar-refractivity contribution < 1.29 is 13.9 Å². The highest BCUT2D eigenvalue weighted by Crippen LogP contribution is 2.40. The number of esters is 1. The van der Waals surface area contributed by atoms with E-state index >= 15 is 0 Å². The fraction of sp³-hybridized carbons (Fsp3) is 0.357. The third-order valence-electron chi connectivity index (χ3n) is 4.26. The van der Waals surface area contributed by atoms with Crippen LogP contribution in [0.1, 0.15) is 5.56 Å². The lowest BCUT2D eigenvalue weighted by molar-refractivity contribution is -0.136. The molecule has 0 saturated carbocycles. The number of benzene rings is 1. The number of rotatable bonds is 0. The number of aryl methyl sites for hydroxylation is 1. The minimum Gasteiger partial charge on any atom is -0.421 e. The number of fused-ring (bicyclic) bond motifs is 2. The van der Waals surface area contributed by atoms with Gasteiger partial charge in [-0.05, 0) is 18.6 Å². The first-order chi connectivity index (χ1) is 11.4. The average Bonchev–Trinajstić information content (AvgIpc) is 2.66. The van der Waals surface area contributed by atoms with Gasteiger partial charge in [0.1, 0.15) is 11.9 Å². The van der Waals surface area contributed by atoms with Crippen LogP contribution in [0.4, 0.5) is 10.2 Å². The molecule has 0 aliphatic carbocycles. The van der Waals surface area contributed by atoms with Gasteiger partial charge in [-0.25, -0.2) is 19.9 Å². The van der Waals surface area contributed by atoms with Crippen molar-refractivity contribution in [1.82, 2.24) is 10.9 Å². The van der Waals surface area contributed by atoms with Crippen LogP contribution in [0, 0.1) is 12.7 Å². The molecule has 4 rings (SSSR count). The molecule has 126 valence electrons. The zero-order valence-electron chi connectivity index (χ0n) is 12.4. The summed E-state index contributed by atoms with van der Waals surface area (Å²) in [5.74, 6) is -0.956. The van der Waals surface area contributed by atoms with Gasteiger partial charge in [0.15, 0.2) is 11.6 Å². The molecule has 1 saturated heterocycles. The van der Waals surface area contributed by atoms with Crippen molar-refractivity contribution in [2.24, 2.45) is 0 Å². The lowest BCUT2D eigenvalue weighted by Crippen LogP contribution is -2.55. The van der Waals surface area contributed by atoms with Gasteiger partial charge < -0.3 is 9.64 Å². The summed E-state index contributed by atoms with van der Waals surface area (Å²) in [5, 5.41) is 0.366. The van der Waals surface area contributed by atoms with Gasteiger partial charge in [0.25, 0.3) is 0 Å². The van der Waals surface area contributed by atoms with Gasteiger partial charge in [-0.3, -0.25) is 0 Å². The third-order valence-corrected chi connectivity index (χ3v) is 6.07. The van der Waals surface area contributed by atoms with E-state index in [-0.39, 0.29) is 5.75 Å². The minimum atomic E-state index is -0.622. The number of hydrogen-bond donors (Lipinski definition) is 0. The highest BCUT2D eigenvalue weighted by molar-refractivity contribution is 14.1. The topological polar surface area (TPSA) is 67.7 Å². The van der Waals surface area contributed by atoms with E-state index in [1.807, 2.05) is 26.0 Å². The van der Waals surface area contributed by atoms with E-state index in [0.717, 1.165) is 0 Å². The van der Waals surface area contributed by atoms with Crippen LogP contribution in [0.2, 0.25) is 0 Å². The maximum atomic E-state index is 14.7. The van der Waals surface area contributed by atoms with Crippen molar-refractivity contribution in [3.05, 3.63) is 27.9 Å². The molecular formula is C14H11FI2N4O3. The SMILES string of the molecule is Cc1cc2c3c(nc(=O)n2I)N2CCN(I)CC2C(=O)Oc3c1F.